The van der Waals surface area contributed by atoms with E-state index in [1.54, 1.807) is 23.5 Å². The average Bonchev–Trinajstić information content (AvgIpc) is 3.75. The SMILES string of the molecule is O=C(NCC1CC1)c1c(CC(=O)C2CC2)sc2c1CC(C(=O)NCCc1ccc(O)cc1)CC2. The molecule has 1 aromatic carbocycles. The van der Waals surface area contributed by atoms with Crippen LogP contribution in [0.3, 0.4) is 0 Å². The maximum Gasteiger partial charge on any atom is 0.252 e. The molecule has 0 saturated heterocycles. The minimum atomic E-state index is -0.163. The maximum atomic E-state index is 13.2. The number of phenolic OH excluding ortho intramolecular Hbond substituents is 1. The van der Waals surface area contributed by atoms with Crippen molar-refractivity contribution in [1.82, 2.24) is 10.6 Å². The van der Waals surface area contributed by atoms with E-state index in [0.717, 1.165) is 41.7 Å². The van der Waals surface area contributed by atoms with Gasteiger partial charge in [0, 0.05) is 41.1 Å². The fourth-order valence-electron chi connectivity index (χ4n) is 4.74. The summed E-state index contributed by atoms with van der Waals surface area (Å²) in [5.41, 5.74) is 2.72. The molecule has 0 radical (unpaired) electrons. The summed E-state index contributed by atoms with van der Waals surface area (Å²) in [5, 5.41) is 15.6. The molecule has 7 heteroatoms. The predicted octanol–water partition coefficient (Wildman–Crippen LogP) is 3.58. The lowest BCUT2D eigenvalue weighted by molar-refractivity contribution is -0.125. The van der Waals surface area contributed by atoms with Crippen LogP contribution in [-0.2, 0) is 35.3 Å². The molecule has 1 atom stereocenters. The lowest BCUT2D eigenvalue weighted by atomic mass is 9.85. The van der Waals surface area contributed by atoms with E-state index in [1.165, 1.54) is 17.7 Å². The number of rotatable bonds is 10. The van der Waals surface area contributed by atoms with Crippen LogP contribution < -0.4 is 10.6 Å². The van der Waals surface area contributed by atoms with Crippen LogP contribution in [0.4, 0.5) is 0 Å². The highest BCUT2D eigenvalue weighted by molar-refractivity contribution is 7.12. The second kappa shape index (κ2) is 9.90. The second-order valence-corrected chi connectivity index (χ2v) is 11.2. The third kappa shape index (κ3) is 5.52. The number of benzene rings is 1. The van der Waals surface area contributed by atoms with Crippen molar-refractivity contribution in [1.29, 1.82) is 0 Å². The van der Waals surface area contributed by atoms with Gasteiger partial charge in [-0.25, -0.2) is 0 Å². The van der Waals surface area contributed by atoms with E-state index in [2.05, 4.69) is 10.6 Å². The Labute approximate surface area is 204 Å². The quantitative estimate of drug-likeness (QED) is 0.484. The highest BCUT2D eigenvalue weighted by atomic mass is 32.1. The molecule has 180 valence electrons. The number of hydrogen-bond donors (Lipinski definition) is 3. The van der Waals surface area contributed by atoms with Crippen molar-refractivity contribution in [3.05, 3.63) is 50.7 Å². The zero-order valence-electron chi connectivity index (χ0n) is 19.4. The molecular weight excluding hydrogens is 448 g/mol. The van der Waals surface area contributed by atoms with Gasteiger partial charge in [0.2, 0.25) is 5.91 Å². The molecule has 6 nitrogen and oxygen atoms in total. The fraction of sp³-hybridized carbons (Fsp3) is 0.519. The standard InChI is InChI=1S/C27H32N2O4S/c30-20-8-3-16(4-9-20)11-12-28-26(32)19-7-10-23-21(13-19)25(27(33)29-15-17-1-2-17)24(34-23)14-22(31)18-5-6-18/h3-4,8-9,17-19,30H,1-2,5-7,10-15H2,(H,28,32)(H,29,33). The van der Waals surface area contributed by atoms with Gasteiger partial charge in [-0.05, 0) is 80.5 Å². The second-order valence-electron chi connectivity index (χ2n) is 10.0. The molecule has 3 aliphatic carbocycles. The van der Waals surface area contributed by atoms with Crippen LogP contribution in [0.2, 0.25) is 0 Å². The van der Waals surface area contributed by atoms with E-state index in [4.69, 9.17) is 0 Å². The summed E-state index contributed by atoms with van der Waals surface area (Å²) in [6, 6.07) is 7.02. The molecule has 1 unspecified atom stereocenters. The first kappa shape index (κ1) is 23.1. The first-order chi connectivity index (χ1) is 16.5. The number of aryl methyl sites for hydroxylation is 1. The Hall–Kier alpha value is -2.67. The summed E-state index contributed by atoms with van der Waals surface area (Å²) >= 11 is 1.61. The number of carbonyl (C=O) groups excluding carboxylic acids is 3. The largest absolute Gasteiger partial charge is 0.508 e. The molecule has 2 saturated carbocycles. The van der Waals surface area contributed by atoms with Crippen molar-refractivity contribution in [2.45, 2.75) is 57.8 Å². The number of aromatic hydroxyl groups is 1. The van der Waals surface area contributed by atoms with Crippen molar-refractivity contribution < 1.29 is 19.5 Å². The highest BCUT2D eigenvalue weighted by Crippen LogP contribution is 2.39. The monoisotopic (exact) mass is 480 g/mol. The average molecular weight is 481 g/mol. The summed E-state index contributed by atoms with van der Waals surface area (Å²) in [6.07, 6.45) is 7.42. The van der Waals surface area contributed by atoms with Crippen LogP contribution in [0.25, 0.3) is 0 Å². The van der Waals surface area contributed by atoms with Crippen molar-refractivity contribution in [3.8, 4) is 5.75 Å². The van der Waals surface area contributed by atoms with E-state index in [1.807, 2.05) is 12.1 Å². The molecule has 0 spiro atoms. The van der Waals surface area contributed by atoms with E-state index < -0.39 is 0 Å². The molecule has 2 fully saturated rings. The minimum Gasteiger partial charge on any atom is -0.508 e. The van der Waals surface area contributed by atoms with Gasteiger partial charge in [0.25, 0.3) is 5.91 Å². The smallest absolute Gasteiger partial charge is 0.252 e. The molecule has 1 aromatic heterocycles. The van der Waals surface area contributed by atoms with E-state index in [9.17, 15) is 19.5 Å². The van der Waals surface area contributed by atoms with Crippen molar-refractivity contribution in [2.75, 3.05) is 13.1 Å². The van der Waals surface area contributed by atoms with Gasteiger partial charge < -0.3 is 15.7 Å². The zero-order chi connectivity index (χ0) is 23.7. The molecule has 3 N–H and O–H groups in total. The van der Waals surface area contributed by atoms with Crippen molar-refractivity contribution in [3.63, 3.8) is 0 Å². The Balaban J connectivity index is 1.26. The Bertz CT molecular complexity index is 1080. The lowest BCUT2D eigenvalue weighted by Gasteiger charge is -2.22. The van der Waals surface area contributed by atoms with Crippen LogP contribution in [-0.4, -0.2) is 35.8 Å². The van der Waals surface area contributed by atoms with Gasteiger partial charge in [-0.15, -0.1) is 11.3 Å². The number of thiophene rings is 1. The van der Waals surface area contributed by atoms with Crippen LogP contribution in [0.15, 0.2) is 24.3 Å². The van der Waals surface area contributed by atoms with Gasteiger partial charge in [-0.1, -0.05) is 12.1 Å². The Morgan fingerprint density at radius 1 is 0.971 bits per heavy atom. The highest BCUT2D eigenvalue weighted by Gasteiger charge is 2.35. The van der Waals surface area contributed by atoms with Crippen LogP contribution in [0.5, 0.6) is 5.75 Å². The molecule has 2 amide bonds. The van der Waals surface area contributed by atoms with E-state index in [-0.39, 0.29) is 35.2 Å². The number of amides is 2. The molecule has 34 heavy (non-hydrogen) atoms. The number of Topliss-reactive ketones (excluding diaryl/α,β-unsaturated/α-hetero) is 1. The summed E-state index contributed by atoms with van der Waals surface area (Å²) in [7, 11) is 0. The van der Waals surface area contributed by atoms with Gasteiger partial charge in [-0.2, -0.15) is 0 Å². The minimum absolute atomic E-state index is 0.0237. The third-order valence-corrected chi connectivity index (χ3v) is 8.49. The zero-order valence-corrected chi connectivity index (χ0v) is 20.2. The Morgan fingerprint density at radius 2 is 1.74 bits per heavy atom. The molecule has 5 rings (SSSR count). The van der Waals surface area contributed by atoms with Crippen LogP contribution in [0, 0.1) is 17.8 Å². The van der Waals surface area contributed by atoms with Gasteiger partial charge in [0.15, 0.2) is 0 Å². The molecule has 3 aliphatic rings. The molecule has 2 aromatic rings. The number of nitrogens with one attached hydrogen (secondary N) is 2. The van der Waals surface area contributed by atoms with Gasteiger partial charge in [0.1, 0.15) is 11.5 Å². The summed E-state index contributed by atoms with van der Waals surface area (Å²) in [6.45, 7) is 1.23. The maximum absolute atomic E-state index is 13.2. The van der Waals surface area contributed by atoms with Gasteiger partial charge in [0.05, 0.1) is 5.56 Å². The Kier molecular flexibility index (Phi) is 6.73. The van der Waals surface area contributed by atoms with Gasteiger partial charge >= 0.3 is 0 Å². The number of ketones is 1. The number of carbonyl (C=O) groups is 3. The first-order valence-corrected chi connectivity index (χ1v) is 13.3. The molecular formula is C27H32N2O4S. The van der Waals surface area contributed by atoms with Gasteiger partial charge in [-0.3, -0.25) is 14.4 Å². The van der Waals surface area contributed by atoms with Crippen molar-refractivity contribution in [2.24, 2.45) is 17.8 Å². The van der Waals surface area contributed by atoms with Crippen LogP contribution in [0.1, 0.15) is 63.3 Å². The molecule has 0 aliphatic heterocycles. The van der Waals surface area contributed by atoms with Crippen molar-refractivity contribution >= 4 is 28.9 Å². The normalized spacial score (nSPS) is 19.4. The van der Waals surface area contributed by atoms with E-state index in [0.29, 0.717) is 43.8 Å². The predicted molar refractivity (Wildman–Crippen MR) is 131 cm³/mol. The summed E-state index contributed by atoms with van der Waals surface area (Å²) in [4.78, 5) is 40.8. The molecule has 1 heterocycles. The number of hydrogen-bond acceptors (Lipinski definition) is 5. The number of phenols is 1. The Morgan fingerprint density at radius 3 is 2.44 bits per heavy atom. The third-order valence-electron chi connectivity index (χ3n) is 7.20. The number of fused-ring (bicyclic) bond motifs is 1. The van der Waals surface area contributed by atoms with E-state index >= 15 is 0 Å². The fourth-order valence-corrected chi connectivity index (χ4v) is 6.10. The molecule has 0 bridgehead atoms. The summed E-state index contributed by atoms with van der Waals surface area (Å²) < 4.78 is 0. The first-order valence-electron chi connectivity index (χ1n) is 12.5. The summed E-state index contributed by atoms with van der Waals surface area (Å²) in [5.74, 6) is 1.03. The topological polar surface area (TPSA) is 95.5 Å². The van der Waals surface area contributed by atoms with Crippen LogP contribution >= 0.6 is 11.3 Å². The lowest BCUT2D eigenvalue weighted by Crippen LogP contribution is -2.35.